The Hall–Kier alpha value is -1.53. The molecular formula is C15H20F2N2O2. The fourth-order valence-electron chi connectivity index (χ4n) is 2.49. The third kappa shape index (κ3) is 4.75. The Morgan fingerprint density at radius 1 is 1.29 bits per heavy atom. The second kappa shape index (κ2) is 7.47. The first-order chi connectivity index (χ1) is 10.1. The summed E-state index contributed by atoms with van der Waals surface area (Å²) >= 11 is 0. The highest BCUT2D eigenvalue weighted by Gasteiger charge is 2.26. The van der Waals surface area contributed by atoms with Gasteiger partial charge >= 0.3 is 0 Å². The molecule has 4 nitrogen and oxygen atoms in total. The van der Waals surface area contributed by atoms with E-state index in [1.807, 2.05) is 0 Å². The Balaban J connectivity index is 1.78. The highest BCUT2D eigenvalue weighted by atomic mass is 19.1. The van der Waals surface area contributed by atoms with E-state index in [1.54, 1.807) is 0 Å². The van der Waals surface area contributed by atoms with E-state index in [2.05, 4.69) is 5.32 Å². The van der Waals surface area contributed by atoms with Crippen LogP contribution in [-0.2, 0) is 16.0 Å². The molecule has 1 heterocycles. The molecule has 1 aromatic carbocycles. The normalized spacial score (nSPS) is 17.5. The zero-order valence-electron chi connectivity index (χ0n) is 11.8. The zero-order valence-corrected chi connectivity index (χ0v) is 11.8. The molecule has 0 spiro atoms. The minimum atomic E-state index is -0.616. The van der Waals surface area contributed by atoms with Gasteiger partial charge in [-0.3, -0.25) is 4.79 Å². The van der Waals surface area contributed by atoms with Gasteiger partial charge in [0.25, 0.3) is 0 Å². The predicted molar refractivity (Wildman–Crippen MR) is 74.6 cm³/mol. The van der Waals surface area contributed by atoms with Crippen molar-refractivity contribution in [3.63, 3.8) is 0 Å². The molecule has 1 unspecified atom stereocenters. The third-order valence-electron chi connectivity index (χ3n) is 3.71. The monoisotopic (exact) mass is 298 g/mol. The average Bonchev–Trinajstić information content (AvgIpc) is 2.46. The highest BCUT2D eigenvalue weighted by molar-refractivity contribution is 5.81. The second-order valence-corrected chi connectivity index (χ2v) is 5.29. The number of amides is 1. The summed E-state index contributed by atoms with van der Waals surface area (Å²) in [4.78, 5) is 11.9. The van der Waals surface area contributed by atoms with Crippen LogP contribution in [0.15, 0.2) is 18.2 Å². The van der Waals surface area contributed by atoms with Crippen molar-refractivity contribution in [2.45, 2.75) is 25.3 Å². The first-order valence-electron chi connectivity index (χ1n) is 7.12. The summed E-state index contributed by atoms with van der Waals surface area (Å²) in [6.45, 7) is 1.57. The minimum Gasteiger partial charge on any atom is -0.381 e. The number of ether oxygens (including phenoxy) is 1. The van der Waals surface area contributed by atoms with E-state index in [0.717, 1.165) is 18.9 Å². The molecule has 0 bridgehead atoms. The predicted octanol–water partition coefficient (Wildman–Crippen LogP) is 1.38. The Labute approximate surface area is 122 Å². The molecule has 3 N–H and O–H groups in total. The molecule has 0 aliphatic carbocycles. The lowest BCUT2D eigenvalue weighted by molar-refractivity contribution is -0.124. The summed E-state index contributed by atoms with van der Waals surface area (Å²) in [5.41, 5.74) is 6.44. The third-order valence-corrected chi connectivity index (χ3v) is 3.71. The van der Waals surface area contributed by atoms with Gasteiger partial charge in [-0.25, -0.2) is 8.78 Å². The summed E-state index contributed by atoms with van der Waals surface area (Å²) < 4.78 is 31.3. The van der Waals surface area contributed by atoms with Crippen LogP contribution in [0.25, 0.3) is 0 Å². The van der Waals surface area contributed by atoms with Gasteiger partial charge in [-0.05, 0) is 42.9 Å². The van der Waals surface area contributed by atoms with Gasteiger partial charge in [-0.2, -0.15) is 0 Å². The number of hydrogen-bond donors (Lipinski definition) is 2. The smallest absolute Gasteiger partial charge is 0.237 e. The van der Waals surface area contributed by atoms with Crippen LogP contribution in [0.2, 0.25) is 0 Å². The summed E-state index contributed by atoms with van der Waals surface area (Å²) in [7, 11) is 0. The molecule has 1 aliphatic heterocycles. The van der Waals surface area contributed by atoms with E-state index >= 15 is 0 Å². The van der Waals surface area contributed by atoms with Crippen LogP contribution in [0, 0.1) is 17.6 Å². The maximum atomic E-state index is 13.0. The van der Waals surface area contributed by atoms with E-state index < -0.39 is 17.7 Å². The molecule has 0 aromatic heterocycles. The quantitative estimate of drug-likeness (QED) is 0.863. The van der Waals surface area contributed by atoms with E-state index in [4.69, 9.17) is 10.5 Å². The molecule has 116 valence electrons. The van der Waals surface area contributed by atoms with Crippen LogP contribution in [0.4, 0.5) is 8.78 Å². The van der Waals surface area contributed by atoms with Gasteiger partial charge in [0.1, 0.15) is 11.6 Å². The van der Waals surface area contributed by atoms with Crippen LogP contribution in [0.3, 0.4) is 0 Å². The fourth-order valence-corrected chi connectivity index (χ4v) is 2.49. The molecule has 1 fully saturated rings. The zero-order chi connectivity index (χ0) is 15.2. The van der Waals surface area contributed by atoms with Crippen LogP contribution in [-0.4, -0.2) is 31.7 Å². The molecule has 1 aromatic rings. The summed E-state index contributed by atoms with van der Waals surface area (Å²) in [5.74, 6) is -1.32. The van der Waals surface area contributed by atoms with Gasteiger partial charge in [0.05, 0.1) is 6.04 Å². The van der Waals surface area contributed by atoms with Crippen LogP contribution in [0.5, 0.6) is 0 Å². The van der Waals surface area contributed by atoms with E-state index in [-0.39, 0.29) is 11.8 Å². The van der Waals surface area contributed by atoms with Crippen LogP contribution in [0.1, 0.15) is 18.4 Å². The molecule has 1 aliphatic rings. The van der Waals surface area contributed by atoms with E-state index in [9.17, 15) is 13.6 Å². The van der Waals surface area contributed by atoms with Gasteiger partial charge in [-0.15, -0.1) is 0 Å². The summed E-state index contributed by atoms with van der Waals surface area (Å²) in [5, 5.41) is 2.72. The number of nitrogens with one attached hydrogen (secondary N) is 1. The number of benzene rings is 1. The van der Waals surface area contributed by atoms with Crippen molar-refractivity contribution >= 4 is 5.91 Å². The van der Waals surface area contributed by atoms with Crippen LogP contribution < -0.4 is 11.1 Å². The van der Waals surface area contributed by atoms with Crippen molar-refractivity contribution in [2.24, 2.45) is 11.7 Å². The minimum absolute atomic E-state index is 0.130. The molecule has 1 atom stereocenters. The molecular weight excluding hydrogens is 278 g/mol. The topological polar surface area (TPSA) is 64.4 Å². The lowest BCUT2D eigenvalue weighted by atomic mass is 9.92. The first kappa shape index (κ1) is 15.9. The lowest BCUT2D eigenvalue weighted by Gasteiger charge is -2.26. The average molecular weight is 298 g/mol. The van der Waals surface area contributed by atoms with Crippen molar-refractivity contribution in [1.82, 2.24) is 5.32 Å². The maximum absolute atomic E-state index is 13.0. The number of nitrogens with two attached hydrogens (primary N) is 1. The fraction of sp³-hybridized carbons (Fsp3) is 0.533. The number of carbonyl (C=O) groups is 1. The molecule has 0 saturated carbocycles. The van der Waals surface area contributed by atoms with Crippen molar-refractivity contribution in [1.29, 1.82) is 0 Å². The van der Waals surface area contributed by atoms with E-state index in [0.29, 0.717) is 31.7 Å². The molecule has 2 rings (SSSR count). The Kier molecular flexibility index (Phi) is 5.64. The van der Waals surface area contributed by atoms with Gasteiger partial charge in [-0.1, -0.05) is 0 Å². The Bertz CT molecular complexity index is 470. The standard InChI is InChI=1S/C15H20F2N2O2/c16-12-7-10(8-13(17)9-12)1-4-19-15(20)14(18)11-2-5-21-6-3-11/h7-9,11,14H,1-6,18H2,(H,19,20). The highest BCUT2D eigenvalue weighted by Crippen LogP contribution is 2.17. The number of carbonyl (C=O) groups excluding carboxylic acids is 1. The van der Waals surface area contributed by atoms with Crippen molar-refractivity contribution in [3.05, 3.63) is 35.4 Å². The number of halogens is 2. The second-order valence-electron chi connectivity index (χ2n) is 5.29. The van der Waals surface area contributed by atoms with Gasteiger partial charge in [0, 0.05) is 25.8 Å². The molecule has 6 heteroatoms. The Morgan fingerprint density at radius 2 is 1.90 bits per heavy atom. The molecule has 21 heavy (non-hydrogen) atoms. The SMILES string of the molecule is NC(C(=O)NCCc1cc(F)cc(F)c1)C1CCOCC1. The maximum Gasteiger partial charge on any atom is 0.237 e. The van der Waals surface area contributed by atoms with E-state index in [1.165, 1.54) is 12.1 Å². The molecule has 1 amide bonds. The number of hydrogen-bond acceptors (Lipinski definition) is 3. The molecule has 1 saturated heterocycles. The van der Waals surface area contributed by atoms with Crippen molar-refractivity contribution in [2.75, 3.05) is 19.8 Å². The van der Waals surface area contributed by atoms with Gasteiger partial charge < -0.3 is 15.8 Å². The lowest BCUT2D eigenvalue weighted by Crippen LogP contribution is -2.47. The van der Waals surface area contributed by atoms with Gasteiger partial charge in [0.15, 0.2) is 0 Å². The summed E-state index contributed by atoms with van der Waals surface area (Å²) in [6.07, 6.45) is 1.92. The largest absolute Gasteiger partial charge is 0.381 e. The van der Waals surface area contributed by atoms with Gasteiger partial charge in [0.2, 0.25) is 5.91 Å². The van der Waals surface area contributed by atoms with Crippen molar-refractivity contribution in [3.8, 4) is 0 Å². The summed E-state index contributed by atoms with van der Waals surface area (Å²) in [6, 6.07) is 2.78. The van der Waals surface area contributed by atoms with Crippen molar-refractivity contribution < 1.29 is 18.3 Å². The van der Waals surface area contributed by atoms with Crippen LogP contribution >= 0.6 is 0 Å². The number of rotatable bonds is 5. The first-order valence-corrected chi connectivity index (χ1v) is 7.12. The molecule has 0 radical (unpaired) electrons. The Morgan fingerprint density at radius 3 is 2.52 bits per heavy atom.